The van der Waals surface area contributed by atoms with Gasteiger partial charge < -0.3 is 0 Å². The van der Waals surface area contributed by atoms with E-state index >= 15 is 0 Å². The summed E-state index contributed by atoms with van der Waals surface area (Å²) in [5.41, 5.74) is 1.88. The molecule has 0 unspecified atom stereocenters. The van der Waals surface area contributed by atoms with E-state index in [1.807, 2.05) is 18.3 Å². The fourth-order valence-electron chi connectivity index (χ4n) is 0.879. The Hall–Kier alpha value is -0.881. The summed E-state index contributed by atoms with van der Waals surface area (Å²) in [6, 6.07) is 6.02. The second kappa shape index (κ2) is 7.52. The van der Waals surface area contributed by atoms with Gasteiger partial charge in [-0.1, -0.05) is 0 Å². The molecule has 1 aromatic rings. The number of aromatic nitrogens is 1. The molecule has 0 saturated heterocycles. The maximum absolute atomic E-state index is 8.31. The minimum atomic E-state index is 0.442. The fourth-order valence-corrected chi connectivity index (χ4v) is 2.04. The van der Waals surface area contributed by atoms with Crippen molar-refractivity contribution in [1.29, 1.82) is 5.26 Å². The summed E-state index contributed by atoms with van der Waals surface area (Å²) < 4.78 is 5.44. The summed E-state index contributed by atoms with van der Waals surface area (Å²) in [6.07, 6.45) is 4.21. The van der Waals surface area contributed by atoms with E-state index in [2.05, 4.69) is 11.1 Å². The Morgan fingerprint density at radius 2 is 2.50 bits per heavy atom. The van der Waals surface area contributed by atoms with Crippen LogP contribution in [0.2, 0.25) is 5.32 Å². The molecular weight excluding hydrogens is 243 g/mol. The normalized spacial score (nSPS) is 9.64. The predicted octanol–water partition coefficient (Wildman–Crippen LogP) is 1.59. The van der Waals surface area contributed by atoms with Gasteiger partial charge in [0.15, 0.2) is 0 Å². The van der Waals surface area contributed by atoms with E-state index in [1.54, 1.807) is 6.20 Å². The van der Waals surface area contributed by atoms with Crippen LogP contribution < -0.4 is 0 Å². The number of rotatable bonds is 6. The van der Waals surface area contributed by atoms with Gasteiger partial charge in [0.1, 0.15) is 0 Å². The number of nitrogens with zero attached hydrogens (tertiary/aromatic N) is 2. The average molecular weight is 255 g/mol. The van der Waals surface area contributed by atoms with Crippen LogP contribution in [0.25, 0.3) is 0 Å². The van der Waals surface area contributed by atoms with Crippen LogP contribution in [0.3, 0.4) is 0 Å². The van der Waals surface area contributed by atoms with Crippen molar-refractivity contribution in [3.05, 3.63) is 30.1 Å². The Labute approximate surface area is 90.3 Å². The molecule has 0 atom stereocenters. The first-order valence-electron chi connectivity index (χ1n) is 4.35. The Kier molecular flexibility index (Phi) is 6.01. The van der Waals surface area contributed by atoms with Crippen molar-refractivity contribution < 1.29 is 4.74 Å². The summed E-state index contributed by atoms with van der Waals surface area (Å²) in [6.45, 7) is 0.627. The molecule has 74 valence electrons. The number of nitriles is 1. The Morgan fingerprint density at radius 1 is 1.57 bits per heavy atom. The van der Waals surface area contributed by atoms with Crippen molar-refractivity contribution in [1.82, 2.24) is 4.98 Å². The molecule has 14 heavy (non-hydrogen) atoms. The average Bonchev–Trinajstić information content (AvgIpc) is 2.25. The molecule has 0 aliphatic carbocycles. The van der Waals surface area contributed by atoms with Crippen LogP contribution in [-0.4, -0.2) is 25.4 Å². The van der Waals surface area contributed by atoms with E-state index in [-0.39, 0.29) is 0 Å². The third-order valence-electron chi connectivity index (χ3n) is 1.52. The van der Waals surface area contributed by atoms with Crippen molar-refractivity contribution >= 4 is 15.0 Å². The molecule has 0 amide bonds. The maximum atomic E-state index is 8.31. The molecule has 0 N–H and O–H groups in total. The first-order chi connectivity index (χ1) is 6.93. The molecule has 1 rings (SSSR count). The number of pyridine rings is 1. The SMILES string of the molecule is N#CCC[Se]COCc1cccnc1. The molecule has 0 fully saturated rings. The standard InChI is InChI=1S/C10H12N2OSe/c11-4-2-6-14-9-13-8-10-3-1-5-12-7-10/h1,3,5,7H,2,6,8-9H2. The van der Waals surface area contributed by atoms with Crippen LogP contribution in [-0.2, 0) is 11.3 Å². The summed E-state index contributed by atoms with van der Waals surface area (Å²) in [5, 5.41) is 9.29. The molecular formula is C10H12N2OSe. The van der Waals surface area contributed by atoms with Crippen molar-refractivity contribution in [3.8, 4) is 6.07 Å². The second-order valence-electron chi connectivity index (χ2n) is 2.64. The zero-order chi connectivity index (χ0) is 10.1. The molecule has 0 aliphatic rings. The van der Waals surface area contributed by atoms with Gasteiger partial charge in [-0.3, -0.25) is 0 Å². The van der Waals surface area contributed by atoms with Crippen molar-refractivity contribution in [3.63, 3.8) is 0 Å². The van der Waals surface area contributed by atoms with Gasteiger partial charge in [-0.05, 0) is 0 Å². The third-order valence-corrected chi connectivity index (χ3v) is 3.25. The predicted molar refractivity (Wildman–Crippen MR) is 54.7 cm³/mol. The Morgan fingerprint density at radius 3 is 3.21 bits per heavy atom. The number of ether oxygens (including phenoxy) is 1. The minimum absolute atomic E-state index is 0.442. The van der Waals surface area contributed by atoms with Crippen molar-refractivity contribution in [2.75, 3.05) is 5.51 Å². The quantitative estimate of drug-likeness (QED) is 0.573. The molecule has 3 nitrogen and oxygen atoms in total. The van der Waals surface area contributed by atoms with E-state index in [9.17, 15) is 0 Å². The van der Waals surface area contributed by atoms with Crippen LogP contribution in [0.4, 0.5) is 0 Å². The zero-order valence-electron chi connectivity index (χ0n) is 7.85. The summed E-state index contributed by atoms with van der Waals surface area (Å²) in [5.74, 6) is 0. The molecule has 0 aromatic carbocycles. The van der Waals surface area contributed by atoms with Crippen LogP contribution in [0.5, 0.6) is 0 Å². The zero-order valence-corrected chi connectivity index (χ0v) is 9.56. The van der Waals surface area contributed by atoms with Gasteiger partial charge >= 0.3 is 90.0 Å². The number of hydrogen-bond donors (Lipinski definition) is 0. The molecule has 4 heteroatoms. The first kappa shape index (κ1) is 11.2. The molecule has 0 aliphatic heterocycles. The summed E-state index contributed by atoms with van der Waals surface area (Å²) in [4.78, 5) is 4.00. The fraction of sp³-hybridized carbons (Fsp3) is 0.400. The Bertz CT molecular complexity index is 284. The molecule has 0 bridgehead atoms. The van der Waals surface area contributed by atoms with E-state index in [4.69, 9.17) is 10.00 Å². The van der Waals surface area contributed by atoms with Gasteiger partial charge in [0.25, 0.3) is 0 Å². The van der Waals surface area contributed by atoms with E-state index < -0.39 is 0 Å². The first-order valence-corrected chi connectivity index (χ1v) is 6.77. The van der Waals surface area contributed by atoms with Crippen LogP contribution in [0, 0.1) is 11.3 Å². The van der Waals surface area contributed by atoms with Gasteiger partial charge in [0.2, 0.25) is 0 Å². The molecule has 1 heterocycles. The third kappa shape index (κ3) is 4.98. The van der Waals surface area contributed by atoms with Crippen LogP contribution >= 0.6 is 0 Å². The van der Waals surface area contributed by atoms with Gasteiger partial charge in [-0.15, -0.1) is 0 Å². The van der Waals surface area contributed by atoms with Crippen LogP contribution in [0.1, 0.15) is 12.0 Å². The summed E-state index contributed by atoms with van der Waals surface area (Å²) >= 11 is 0.442. The van der Waals surface area contributed by atoms with Gasteiger partial charge in [-0.25, -0.2) is 0 Å². The van der Waals surface area contributed by atoms with Gasteiger partial charge in [-0.2, -0.15) is 0 Å². The second-order valence-corrected chi connectivity index (χ2v) is 4.85. The topological polar surface area (TPSA) is 45.9 Å². The molecule has 0 spiro atoms. The van der Waals surface area contributed by atoms with Gasteiger partial charge in [0.05, 0.1) is 0 Å². The number of hydrogen-bond acceptors (Lipinski definition) is 3. The van der Waals surface area contributed by atoms with E-state index in [0.717, 1.165) is 16.4 Å². The van der Waals surface area contributed by atoms with Gasteiger partial charge in [0, 0.05) is 0 Å². The molecule has 0 saturated carbocycles. The monoisotopic (exact) mass is 256 g/mol. The van der Waals surface area contributed by atoms with E-state index in [0.29, 0.717) is 28.0 Å². The molecule has 0 radical (unpaired) electrons. The Balaban J connectivity index is 2.03. The van der Waals surface area contributed by atoms with Crippen molar-refractivity contribution in [2.24, 2.45) is 0 Å². The molecule has 1 aromatic heterocycles. The van der Waals surface area contributed by atoms with Crippen LogP contribution in [0.15, 0.2) is 24.5 Å². The van der Waals surface area contributed by atoms with E-state index in [1.165, 1.54) is 0 Å². The van der Waals surface area contributed by atoms with Crippen molar-refractivity contribution in [2.45, 2.75) is 18.3 Å². The summed E-state index contributed by atoms with van der Waals surface area (Å²) in [7, 11) is 0.